The van der Waals surface area contributed by atoms with Crippen LogP contribution in [0.1, 0.15) is 44.9 Å². The number of hydrogen-bond acceptors (Lipinski definition) is 4. The Balaban J connectivity index is 1.85. The van der Waals surface area contributed by atoms with Crippen molar-refractivity contribution in [2.24, 2.45) is 0 Å². The molecule has 4 nitrogen and oxygen atoms in total. The van der Waals surface area contributed by atoms with Gasteiger partial charge in [-0.2, -0.15) is 5.26 Å². The summed E-state index contributed by atoms with van der Waals surface area (Å²) in [5.74, 6) is 0. The van der Waals surface area contributed by atoms with Crippen LogP contribution in [0.3, 0.4) is 0 Å². The summed E-state index contributed by atoms with van der Waals surface area (Å²) >= 11 is 0. The van der Waals surface area contributed by atoms with E-state index in [9.17, 15) is 5.26 Å². The first kappa shape index (κ1) is 14.8. The van der Waals surface area contributed by atoms with Gasteiger partial charge in [0.25, 0.3) is 0 Å². The highest BCUT2D eigenvalue weighted by Crippen LogP contribution is 2.34. The van der Waals surface area contributed by atoms with E-state index < -0.39 is 0 Å². The smallest absolute Gasteiger partial charge is 0.108 e. The van der Waals surface area contributed by atoms with Crippen LogP contribution in [0.5, 0.6) is 0 Å². The first-order valence-electron chi connectivity index (χ1n) is 7.57. The number of rotatable bonds is 7. The Morgan fingerprint density at radius 1 is 1.42 bits per heavy atom. The SMILES string of the molecule is COCCCN(C)C1CCCC(C#N)(NC2CC2)C1. The fourth-order valence-electron chi connectivity index (χ4n) is 3.15. The topological polar surface area (TPSA) is 48.3 Å². The fourth-order valence-corrected chi connectivity index (χ4v) is 3.15. The normalized spacial score (nSPS) is 31.4. The maximum absolute atomic E-state index is 9.58. The van der Waals surface area contributed by atoms with Crippen LogP contribution >= 0.6 is 0 Å². The Morgan fingerprint density at radius 3 is 2.84 bits per heavy atom. The maximum atomic E-state index is 9.58. The van der Waals surface area contributed by atoms with E-state index in [1.54, 1.807) is 7.11 Å². The Hall–Kier alpha value is -0.630. The van der Waals surface area contributed by atoms with Crippen molar-refractivity contribution >= 4 is 0 Å². The third kappa shape index (κ3) is 4.17. The van der Waals surface area contributed by atoms with Gasteiger partial charge in [-0.05, 0) is 52.0 Å². The molecule has 4 heteroatoms. The molecule has 0 aliphatic heterocycles. The fraction of sp³-hybridized carbons (Fsp3) is 0.933. The van der Waals surface area contributed by atoms with Crippen molar-refractivity contribution in [3.8, 4) is 6.07 Å². The van der Waals surface area contributed by atoms with E-state index in [-0.39, 0.29) is 5.54 Å². The second-order valence-corrected chi connectivity index (χ2v) is 6.19. The van der Waals surface area contributed by atoms with Crippen LogP contribution in [0.2, 0.25) is 0 Å². The summed E-state index contributed by atoms with van der Waals surface area (Å²) in [4.78, 5) is 2.42. The van der Waals surface area contributed by atoms with Crippen molar-refractivity contribution in [3.63, 3.8) is 0 Å². The largest absolute Gasteiger partial charge is 0.385 e. The molecule has 2 unspecified atom stereocenters. The number of nitrogens with one attached hydrogen (secondary N) is 1. The molecule has 0 spiro atoms. The molecule has 2 fully saturated rings. The minimum atomic E-state index is -0.264. The lowest BCUT2D eigenvalue weighted by Gasteiger charge is -2.40. The Morgan fingerprint density at radius 2 is 2.21 bits per heavy atom. The molecule has 0 amide bonds. The van der Waals surface area contributed by atoms with E-state index in [0.29, 0.717) is 12.1 Å². The summed E-state index contributed by atoms with van der Waals surface area (Å²) in [5.41, 5.74) is -0.264. The summed E-state index contributed by atoms with van der Waals surface area (Å²) in [5, 5.41) is 13.2. The van der Waals surface area contributed by atoms with Gasteiger partial charge in [-0.1, -0.05) is 0 Å². The van der Waals surface area contributed by atoms with Gasteiger partial charge in [0, 0.05) is 32.3 Å². The van der Waals surface area contributed by atoms with Gasteiger partial charge in [0.15, 0.2) is 0 Å². The van der Waals surface area contributed by atoms with Gasteiger partial charge in [-0.25, -0.2) is 0 Å². The molecule has 2 rings (SSSR count). The van der Waals surface area contributed by atoms with Crippen LogP contribution in [0.4, 0.5) is 0 Å². The highest BCUT2D eigenvalue weighted by molar-refractivity contribution is 5.13. The van der Waals surface area contributed by atoms with Crippen LogP contribution in [0, 0.1) is 11.3 Å². The summed E-state index contributed by atoms with van der Waals surface area (Å²) in [7, 11) is 3.94. The lowest BCUT2D eigenvalue weighted by atomic mass is 9.79. The highest BCUT2D eigenvalue weighted by Gasteiger charge is 2.41. The zero-order valence-corrected chi connectivity index (χ0v) is 12.3. The summed E-state index contributed by atoms with van der Waals surface area (Å²) < 4.78 is 5.11. The van der Waals surface area contributed by atoms with Crippen molar-refractivity contribution in [3.05, 3.63) is 0 Å². The predicted octanol–water partition coefficient (Wildman–Crippen LogP) is 1.91. The van der Waals surface area contributed by atoms with E-state index in [1.807, 2.05) is 0 Å². The zero-order chi connectivity index (χ0) is 13.7. The lowest BCUT2D eigenvalue weighted by molar-refractivity contribution is 0.125. The monoisotopic (exact) mass is 265 g/mol. The van der Waals surface area contributed by atoms with Crippen molar-refractivity contribution in [2.45, 2.75) is 62.6 Å². The number of nitrogens with zero attached hydrogens (tertiary/aromatic N) is 2. The predicted molar refractivity (Wildman–Crippen MR) is 75.9 cm³/mol. The van der Waals surface area contributed by atoms with Gasteiger partial charge in [0.1, 0.15) is 5.54 Å². The molecular weight excluding hydrogens is 238 g/mol. The van der Waals surface area contributed by atoms with Crippen molar-refractivity contribution < 1.29 is 4.74 Å². The van der Waals surface area contributed by atoms with Crippen LogP contribution in [-0.2, 0) is 4.74 Å². The highest BCUT2D eigenvalue weighted by atomic mass is 16.5. The molecular formula is C15H27N3O. The minimum absolute atomic E-state index is 0.264. The molecule has 2 atom stereocenters. The summed E-state index contributed by atoms with van der Waals surface area (Å²) in [6.07, 6.45) is 7.94. The van der Waals surface area contributed by atoms with Gasteiger partial charge in [-0.15, -0.1) is 0 Å². The molecule has 108 valence electrons. The molecule has 2 aliphatic rings. The quantitative estimate of drug-likeness (QED) is 0.714. The molecule has 0 aromatic carbocycles. The minimum Gasteiger partial charge on any atom is -0.385 e. The third-order valence-electron chi connectivity index (χ3n) is 4.48. The molecule has 1 N–H and O–H groups in total. The van der Waals surface area contributed by atoms with E-state index >= 15 is 0 Å². The number of methoxy groups -OCH3 is 1. The Kier molecular flexibility index (Phi) is 5.20. The van der Waals surface area contributed by atoms with Gasteiger partial charge in [0.2, 0.25) is 0 Å². The number of nitriles is 1. The van der Waals surface area contributed by atoms with E-state index in [2.05, 4.69) is 23.3 Å². The lowest BCUT2D eigenvalue weighted by Crippen LogP contribution is -2.53. The van der Waals surface area contributed by atoms with Crippen LogP contribution in [-0.4, -0.2) is 49.8 Å². The standard InChI is InChI=1S/C15H27N3O/c1-18(9-4-10-19-2)14-5-3-8-15(11-14,12-16)17-13-6-7-13/h13-14,17H,3-11H2,1-2H3. The summed E-state index contributed by atoms with van der Waals surface area (Å²) in [6, 6.07) is 3.73. The molecule has 0 aromatic heterocycles. The molecule has 0 heterocycles. The average molecular weight is 265 g/mol. The van der Waals surface area contributed by atoms with Gasteiger partial charge < -0.3 is 9.64 Å². The third-order valence-corrected chi connectivity index (χ3v) is 4.48. The molecule has 0 saturated heterocycles. The molecule has 2 saturated carbocycles. The summed E-state index contributed by atoms with van der Waals surface area (Å²) in [6.45, 7) is 1.88. The number of ether oxygens (including phenoxy) is 1. The zero-order valence-electron chi connectivity index (χ0n) is 12.3. The first-order valence-corrected chi connectivity index (χ1v) is 7.57. The molecule has 0 radical (unpaired) electrons. The van der Waals surface area contributed by atoms with Gasteiger partial charge in [-0.3, -0.25) is 5.32 Å². The first-order chi connectivity index (χ1) is 9.19. The molecule has 19 heavy (non-hydrogen) atoms. The Bertz CT molecular complexity index is 324. The van der Waals surface area contributed by atoms with Crippen molar-refractivity contribution in [1.29, 1.82) is 5.26 Å². The van der Waals surface area contributed by atoms with Crippen LogP contribution in [0.15, 0.2) is 0 Å². The van der Waals surface area contributed by atoms with E-state index in [1.165, 1.54) is 19.3 Å². The van der Waals surface area contributed by atoms with Gasteiger partial charge >= 0.3 is 0 Å². The molecule has 0 bridgehead atoms. The second-order valence-electron chi connectivity index (χ2n) is 6.19. The van der Waals surface area contributed by atoms with Crippen molar-refractivity contribution in [1.82, 2.24) is 10.2 Å². The van der Waals surface area contributed by atoms with Gasteiger partial charge in [0.05, 0.1) is 6.07 Å². The molecule has 2 aliphatic carbocycles. The molecule has 0 aromatic rings. The maximum Gasteiger partial charge on any atom is 0.108 e. The van der Waals surface area contributed by atoms with E-state index in [0.717, 1.165) is 38.8 Å². The van der Waals surface area contributed by atoms with Crippen LogP contribution in [0.25, 0.3) is 0 Å². The average Bonchev–Trinajstić information content (AvgIpc) is 3.23. The van der Waals surface area contributed by atoms with Crippen LogP contribution < -0.4 is 5.32 Å². The Labute approximate surface area is 117 Å². The van der Waals surface area contributed by atoms with E-state index in [4.69, 9.17) is 4.74 Å². The van der Waals surface area contributed by atoms with Crippen molar-refractivity contribution in [2.75, 3.05) is 27.3 Å². The second kappa shape index (κ2) is 6.69. The number of hydrogen-bond donors (Lipinski definition) is 1.